The molecule has 5 rings (SSSR count). The van der Waals surface area contributed by atoms with Crippen LogP contribution in [0.4, 0.5) is 4.79 Å². The van der Waals surface area contributed by atoms with E-state index in [4.69, 9.17) is 4.74 Å². The number of Topliss-reactive ketones (excluding diaryl/α,β-unsaturated/α-hetero) is 1. The SMILES string of the molecule is C=CCCC(NC(=O)[C@@H]1[C@@H]2C(CN1C(=O)[C@@H](NC(=O)OC(C)(C)C)C1Cc3ccccc3C1)C2(C)C)C(=O)C(=O)NCC(=O)N[C@H](C(=O)N(C)C)c1ccccc1. The van der Waals surface area contributed by atoms with E-state index in [9.17, 15) is 33.6 Å². The second-order valence-corrected chi connectivity index (χ2v) is 17.1. The van der Waals surface area contributed by atoms with Gasteiger partial charge in [0.2, 0.25) is 29.4 Å². The van der Waals surface area contributed by atoms with Crippen LogP contribution in [0.15, 0.2) is 67.3 Å². The molecule has 2 aromatic carbocycles. The number of fused-ring (bicyclic) bond motifs is 2. The maximum atomic E-state index is 14.6. The van der Waals surface area contributed by atoms with Crippen LogP contribution in [0, 0.1) is 23.2 Å². The van der Waals surface area contributed by atoms with E-state index < -0.39 is 71.8 Å². The first-order valence-electron chi connectivity index (χ1n) is 19.5. The summed E-state index contributed by atoms with van der Waals surface area (Å²) in [6, 6.07) is 12.2. The zero-order chi connectivity index (χ0) is 41.8. The molecule has 1 aliphatic heterocycles. The lowest BCUT2D eigenvalue weighted by Gasteiger charge is -2.35. The van der Waals surface area contributed by atoms with Crippen LogP contribution in [0.25, 0.3) is 0 Å². The maximum Gasteiger partial charge on any atom is 0.408 e. The molecule has 1 heterocycles. The van der Waals surface area contributed by atoms with Crippen molar-refractivity contribution in [3.8, 4) is 0 Å². The summed E-state index contributed by atoms with van der Waals surface area (Å²) in [6.45, 7) is 12.7. The normalized spacial score (nSPS) is 20.8. The van der Waals surface area contributed by atoms with E-state index in [1.807, 2.05) is 38.1 Å². The van der Waals surface area contributed by atoms with Crippen molar-refractivity contribution < 1.29 is 38.3 Å². The average molecular weight is 785 g/mol. The number of carbonyl (C=O) groups is 7. The first kappa shape index (κ1) is 42.6. The zero-order valence-electron chi connectivity index (χ0n) is 33.9. The van der Waals surface area contributed by atoms with Gasteiger partial charge in [0.1, 0.15) is 23.7 Å². The molecule has 6 atom stereocenters. The van der Waals surface area contributed by atoms with Crippen molar-refractivity contribution in [1.29, 1.82) is 0 Å². The number of hydrogen-bond acceptors (Lipinski definition) is 8. The summed E-state index contributed by atoms with van der Waals surface area (Å²) in [5.74, 6) is -4.67. The van der Waals surface area contributed by atoms with E-state index in [0.29, 0.717) is 18.4 Å². The molecular formula is C43H56N6O8. The van der Waals surface area contributed by atoms with E-state index in [-0.39, 0.29) is 48.5 Å². The van der Waals surface area contributed by atoms with E-state index >= 15 is 0 Å². The molecule has 306 valence electrons. The van der Waals surface area contributed by atoms with Crippen LogP contribution in [-0.2, 0) is 46.3 Å². The Balaban J connectivity index is 1.30. The molecule has 1 saturated carbocycles. The molecule has 14 nitrogen and oxygen atoms in total. The number of likely N-dealkylation sites (tertiary alicyclic amines) is 1. The number of carbonyl (C=O) groups excluding carboxylic acids is 7. The molecule has 2 unspecified atom stereocenters. The van der Waals surface area contributed by atoms with Gasteiger partial charge in [-0.05, 0) is 86.3 Å². The first-order valence-corrected chi connectivity index (χ1v) is 19.5. The number of ether oxygens (including phenoxy) is 1. The van der Waals surface area contributed by atoms with Crippen LogP contribution < -0.4 is 21.3 Å². The number of alkyl carbamates (subject to hydrolysis) is 1. The predicted molar refractivity (Wildman–Crippen MR) is 212 cm³/mol. The number of piperidine rings is 1. The molecule has 0 radical (unpaired) electrons. The number of nitrogens with zero attached hydrogens (tertiary/aromatic N) is 2. The summed E-state index contributed by atoms with van der Waals surface area (Å²) in [6.07, 6.45) is 2.25. The fourth-order valence-corrected chi connectivity index (χ4v) is 8.26. The van der Waals surface area contributed by atoms with Gasteiger partial charge in [-0.3, -0.25) is 28.8 Å². The number of likely N-dealkylation sites (N-methyl/N-ethyl adjacent to an activating group) is 1. The monoisotopic (exact) mass is 784 g/mol. The number of amides is 6. The van der Waals surface area contributed by atoms with Crippen LogP contribution in [0.3, 0.4) is 0 Å². The highest BCUT2D eigenvalue weighted by Gasteiger charge is 2.70. The lowest BCUT2D eigenvalue weighted by Crippen LogP contribution is -2.60. The Morgan fingerprint density at radius 2 is 1.54 bits per heavy atom. The molecule has 3 aliphatic rings. The molecule has 4 N–H and O–H groups in total. The molecule has 0 bridgehead atoms. The summed E-state index contributed by atoms with van der Waals surface area (Å²) < 4.78 is 5.56. The largest absolute Gasteiger partial charge is 0.444 e. The van der Waals surface area contributed by atoms with E-state index in [1.54, 1.807) is 71.3 Å². The van der Waals surface area contributed by atoms with Crippen molar-refractivity contribution in [1.82, 2.24) is 31.1 Å². The maximum absolute atomic E-state index is 14.6. The highest BCUT2D eigenvalue weighted by Crippen LogP contribution is 2.65. The minimum Gasteiger partial charge on any atom is -0.444 e. The van der Waals surface area contributed by atoms with E-state index in [0.717, 1.165) is 11.1 Å². The fourth-order valence-electron chi connectivity index (χ4n) is 8.26. The summed E-state index contributed by atoms with van der Waals surface area (Å²) in [5.41, 5.74) is 1.64. The Hall–Kier alpha value is -5.53. The topological polar surface area (TPSA) is 183 Å². The molecule has 0 spiro atoms. The van der Waals surface area contributed by atoms with Crippen molar-refractivity contribution in [3.63, 3.8) is 0 Å². The van der Waals surface area contributed by atoms with Gasteiger partial charge in [0.15, 0.2) is 0 Å². The molecule has 57 heavy (non-hydrogen) atoms. The third kappa shape index (κ3) is 9.89. The smallest absolute Gasteiger partial charge is 0.408 e. The Labute approximate surface area is 334 Å². The number of benzene rings is 2. The quantitative estimate of drug-likeness (QED) is 0.157. The molecule has 6 amide bonds. The van der Waals surface area contributed by atoms with Gasteiger partial charge >= 0.3 is 6.09 Å². The summed E-state index contributed by atoms with van der Waals surface area (Å²) in [4.78, 5) is 97.7. The minimum absolute atomic E-state index is 0.00313. The van der Waals surface area contributed by atoms with Gasteiger partial charge in [-0.1, -0.05) is 74.5 Å². The molecular weight excluding hydrogens is 729 g/mol. The van der Waals surface area contributed by atoms with Crippen LogP contribution >= 0.6 is 0 Å². The van der Waals surface area contributed by atoms with Gasteiger partial charge in [-0.25, -0.2) is 4.79 Å². The van der Waals surface area contributed by atoms with Crippen molar-refractivity contribution >= 4 is 41.4 Å². The number of nitrogens with one attached hydrogen (secondary N) is 4. The van der Waals surface area contributed by atoms with E-state index in [2.05, 4.69) is 27.8 Å². The van der Waals surface area contributed by atoms with Gasteiger partial charge in [-0.2, -0.15) is 0 Å². The van der Waals surface area contributed by atoms with Crippen LogP contribution in [-0.4, -0.2) is 102 Å². The highest BCUT2D eigenvalue weighted by molar-refractivity contribution is 6.38. The molecule has 14 heteroatoms. The van der Waals surface area contributed by atoms with Crippen LogP contribution in [0.2, 0.25) is 0 Å². The number of hydrogen-bond donors (Lipinski definition) is 4. The number of rotatable bonds is 15. The van der Waals surface area contributed by atoms with Crippen molar-refractivity contribution in [3.05, 3.63) is 83.9 Å². The predicted octanol–water partition coefficient (Wildman–Crippen LogP) is 2.86. The average Bonchev–Trinajstić information content (AvgIpc) is 3.51. The molecule has 2 fully saturated rings. The van der Waals surface area contributed by atoms with Gasteiger partial charge in [0.25, 0.3) is 5.91 Å². The van der Waals surface area contributed by atoms with Crippen molar-refractivity contribution in [2.24, 2.45) is 23.2 Å². The molecule has 1 saturated heterocycles. The van der Waals surface area contributed by atoms with Gasteiger partial charge in [-0.15, -0.1) is 6.58 Å². The Morgan fingerprint density at radius 1 is 0.930 bits per heavy atom. The summed E-state index contributed by atoms with van der Waals surface area (Å²) in [7, 11) is 3.11. The third-order valence-corrected chi connectivity index (χ3v) is 11.3. The van der Waals surface area contributed by atoms with Gasteiger partial charge in [0, 0.05) is 20.6 Å². The second kappa shape index (κ2) is 17.3. The minimum atomic E-state index is -1.29. The van der Waals surface area contributed by atoms with Gasteiger partial charge < -0.3 is 35.8 Å². The molecule has 2 aliphatic carbocycles. The van der Waals surface area contributed by atoms with Crippen molar-refractivity contribution in [2.75, 3.05) is 27.2 Å². The lowest BCUT2D eigenvalue weighted by atomic mass is 9.93. The van der Waals surface area contributed by atoms with Crippen LogP contribution in [0.1, 0.15) is 70.2 Å². The third-order valence-electron chi connectivity index (χ3n) is 11.3. The molecule has 0 aromatic heterocycles. The number of allylic oxidation sites excluding steroid dienone is 1. The van der Waals surface area contributed by atoms with E-state index in [1.165, 1.54) is 9.80 Å². The Morgan fingerprint density at radius 3 is 2.12 bits per heavy atom. The first-order chi connectivity index (χ1) is 26.8. The molecule has 2 aromatic rings. The standard InChI is InChI=1S/C43H56N6O8/c1-9-10-20-30(36(51)38(53)44-23-31(50)46-33(39(54)48(7)8)25-16-12-11-13-17-25)45-37(52)35-32-29(43(32,5)6)24-49(35)40(55)34(47-41(56)57-42(2,3)4)28-21-26-18-14-15-19-27(26)22-28/h9,11-19,28-30,32-35H,1,10,20-24H2,2-8H3,(H,44,53)(H,45,52)(H,46,50)(H,47,56)/t29?,30?,32-,33-,34-,35-/m0/s1. The second-order valence-electron chi connectivity index (χ2n) is 17.1. The van der Waals surface area contributed by atoms with Gasteiger partial charge in [0.05, 0.1) is 12.6 Å². The summed E-state index contributed by atoms with van der Waals surface area (Å²) in [5, 5.41) is 10.6. The lowest BCUT2D eigenvalue weighted by molar-refractivity contribution is -0.145. The van der Waals surface area contributed by atoms with Crippen molar-refractivity contribution in [2.45, 2.75) is 90.1 Å². The highest BCUT2D eigenvalue weighted by atomic mass is 16.6. The fraction of sp³-hybridized carbons (Fsp3) is 0.512. The Kier molecular flexibility index (Phi) is 12.9. The Bertz CT molecular complexity index is 1860. The number of ketones is 1. The zero-order valence-corrected chi connectivity index (χ0v) is 33.9. The van der Waals surface area contributed by atoms with Crippen LogP contribution in [0.5, 0.6) is 0 Å². The summed E-state index contributed by atoms with van der Waals surface area (Å²) >= 11 is 0.